The van der Waals surface area contributed by atoms with E-state index in [1.807, 2.05) is 24.3 Å². The van der Waals surface area contributed by atoms with Gasteiger partial charge in [0.05, 0.1) is 12.6 Å². The predicted molar refractivity (Wildman–Crippen MR) is 61.5 cm³/mol. The third kappa shape index (κ3) is 2.24. The second-order valence-corrected chi connectivity index (χ2v) is 3.54. The maximum Gasteiger partial charge on any atom is 0.115 e. The van der Waals surface area contributed by atoms with Gasteiger partial charge in [-0.15, -0.1) is 0 Å². The SMILES string of the molecule is NC(CO)c1cccc(-c2cncnc2)c1. The van der Waals surface area contributed by atoms with Crippen LogP contribution >= 0.6 is 0 Å². The molecule has 0 amide bonds. The number of nitrogens with zero attached hydrogens (tertiary/aromatic N) is 2. The fraction of sp³-hybridized carbons (Fsp3) is 0.167. The molecule has 16 heavy (non-hydrogen) atoms. The molecule has 4 nitrogen and oxygen atoms in total. The second kappa shape index (κ2) is 4.83. The lowest BCUT2D eigenvalue weighted by Crippen LogP contribution is -2.14. The molecule has 2 aromatic rings. The molecule has 3 N–H and O–H groups in total. The average Bonchev–Trinajstić information content (AvgIpc) is 2.39. The van der Waals surface area contributed by atoms with Gasteiger partial charge in [0.2, 0.25) is 0 Å². The number of hydrogen-bond acceptors (Lipinski definition) is 4. The number of aliphatic hydroxyl groups is 1. The van der Waals surface area contributed by atoms with E-state index in [0.29, 0.717) is 0 Å². The Kier molecular flexibility index (Phi) is 3.24. The maximum atomic E-state index is 9.00. The number of hydrogen-bond donors (Lipinski definition) is 2. The summed E-state index contributed by atoms with van der Waals surface area (Å²) in [4.78, 5) is 7.93. The summed E-state index contributed by atoms with van der Waals surface area (Å²) in [7, 11) is 0. The zero-order valence-corrected chi connectivity index (χ0v) is 8.74. The Bertz CT molecular complexity index is 459. The van der Waals surface area contributed by atoms with Crippen molar-refractivity contribution in [2.75, 3.05) is 6.61 Å². The van der Waals surface area contributed by atoms with Gasteiger partial charge in [0.25, 0.3) is 0 Å². The van der Waals surface area contributed by atoms with Crippen molar-refractivity contribution in [1.29, 1.82) is 0 Å². The van der Waals surface area contributed by atoms with Gasteiger partial charge in [0, 0.05) is 18.0 Å². The Morgan fingerprint density at radius 3 is 2.62 bits per heavy atom. The van der Waals surface area contributed by atoms with E-state index in [9.17, 15) is 0 Å². The summed E-state index contributed by atoms with van der Waals surface area (Å²) in [5, 5.41) is 9.00. The molecule has 2 rings (SSSR count). The third-order valence-electron chi connectivity index (χ3n) is 2.41. The van der Waals surface area contributed by atoms with Crippen LogP contribution in [0.1, 0.15) is 11.6 Å². The lowest BCUT2D eigenvalue weighted by molar-refractivity contribution is 0.268. The molecule has 1 aromatic heterocycles. The van der Waals surface area contributed by atoms with E-state index in [4.69, 9.17) is 10.8 Å². The largest absolute Gasteiger partial charge is 0.394 e. The van der Waals surface area contributed by atoms with Crippen molar-refractivity contribution < 1.29 is 5.11 Å². The fourth-order valence-electron chi connectivity index (χ4n) is 1.50. The molecular weight excluding hydrogens is 202 g/mol. The molecule has 0 aliphatic heterocycles. The topological polar surface area (TPSA) is 72.0 Å². The van der Waals surface area contributed by atoms with Crippen LogP contribution in [0.25, 0.3) is 11.1 Å². The van der Waals surface area contributed by atoms with Crippen LogP contribution in [0.4, 0.5) is 0 Å². The zero-order chi connectivity index (χ0) is 11.4. The third-order valence-corrected chi connectivity index (χ3v) is 2.41. The van der Waals surface area contributed by atoms with Crippen molar-refractivity contribution in [3.8, 4) is 11.1 Å². The normalized spacial score (nSPS) is 12.4. The van der Waals surface area contributed by atoms with Crippen LogP contribution in [0, 0.1) is 0 Å². The minimum absolute atomic E-state index is 0.0608. The first-order chi connectivity index (χ1) is 7.81. The van der Waals surface area contributed by atoms with Gasteiger partial charge in [-0.3, -0.25) is 0 Å². The molecule has 1 atom stereocenters. The molecule has 0 saturated heterocycles. The highest BCUT2D eigenvalue weighted by molar-refractivity contribution is 5.62. The van der Waals surface area contributed by atoms with E-state index < -0.39 is 0 Å². The van der Waals surface area contributed by atoms with Gasteiger partial charge in [-0.25, -0.2) is 9.97 Å². The molecule has 0 fully saturated rings. The zero-order valence-electron chi connectivity index (χ0n) is 8.74. The summed E-state index contributed by atoms with van der Waals surface area (Å²) in [6, 6.07) is 7.37. The Balaban J connectivity index is 2.36. The summed E-state index contributed by atoms with van der Waals surface area (Å²) >= 11 is 0. The first-order valence-corrected chi connectivity index (χ1v) is 5.03. The Hall–Kier alpha value is -1.78. The summed E-state index contributed by atoms with van der Waals surface area (Å²) in [5.41, 5.74) is 8.61. The van der Waals surface area contributed by atoms with Crippen molar-refractivity contribution in [2.45, 2.75) is 6.04 Å². The first-order valence-electron chi connectivity index (χ1n) is 5.03. The van der Waals surface area contributed by atoms with Gasteiger partial charge in [0.1, 0.15) is 6.33 Å². The minimum atomic E-state index is -0.343. The van der Waals surface area contributed by atoms with Gasteiger partial charge in [0.15, 0.2) is 0 Å². The molecule has 1 heterocycles. The lowest BCUT2D eigenvalue weighted by Gasteiger charge is -2.09. The van der Waals surface area contributed by atoms with E-state index in [-0.39, 0.29) is 12.6 Å². The van der Waals surface area contributed by atoms with Gasteiger partial charge < -0.3 is 10.8 Å². The Morgan fingerprint density at radius 1 is 1.19 bits per heavy atom. The molecule has 0 radical (unpaired) electrons. The number of aliphatic hydroxyl groups excluding tert-OH is 1. The van der Waals surface area contributed by atoms with Crippen LogP contribution in [0.5, 0.6) is 0 Å². The van der Waals surface area contributed by atoms with Crippen molar-refractivity contribution >= 4 is 0 Å². The van der Waals surface area contributed by atoms with Crippen molar-refractivity contribution in [2.24, 2.45) is 5.73 Å². The Morgan fingerprint density at radius 2 is 1.94 bits per heavy atom. The second-order valence-electron chi connectivity index (χ2n) is 3.54. The number of aromatic nitrogens is 2. The molecule has 4 heteroatoms. The molecule has 82 valence electrons. The highest BCUT2D eigenvalue weighted by Crippen LogP contribution is 2.20. The van der Waals surface area contributed by atoms with Gasteiger partial charge >= 0.3 is 0 Å². The number of benzene rings is 1. The molecule has 1 aromatic carbocycles. The molecule has 0 spiro atoms. The minimum Gasteiger partial charge on any atom is -0.394 e. The maximum absolute atomic E-state index is 9.00. The van der Waals surface area contributed by atoms with Crippen LogP contribution in [0.3, 0.4) is 0 Å². The van der Waals surface area contributed by atoms with Gasteiger partial charge in [-0.05, 0) is 17.2 Å². The smallest absolute Gasteiger partial charge is 0.115 e. The molecule has 0 saturated carbocycles. The highest BCUT2D eigenvalue weighted by atomic mass is 16.3. The van der Waals surface area contributed by atoms with Crippen LogP contribution in [-0.4, -0.2) is 21.7 Å². The average molecular weight is 215 g/mol. The highest BCUT2D eigenvalue weighted by Gasteiger charge is 2.05. The molecule has 1 unspecified atom stereocenters. The summed E-state index contributed by atoms with van der Waals surface area (Å²) < 4.78 is 0. The first kappa shape index (κ1) is 10.7. The lowest BCUT2D eigenvalue weighted by atomic mass is 10.0. The quantitative estimate of drug-likeness (QED) is 0.805. The van der Waals surface area contributed by atoms with Gasteiger partial charge in [-0.2, -0.15) is 0 Å². The summed E-state index contributed by atoms with van der Waals surface area (Å²) in [5.74, 6) is 0. The van der Waals surface area contributed by atoms with Crippen LogP contribution in [-0.2, 0) is 0 Å². The predicted octanol–water partition coefficient (Wildman–Crippen LogP) is 1.14. The molecule has 0 aliphatic rings. The van der Waals surface area contributed by atoms with Crippen molar-refractivity contribution in [3.63, 3.8) is 0 Å². The standard InChI is InChI=1S/C12H13N3O/c13-12(7-16)10-3-1-2-9(4-10)11-5-14-8-15-6-11/h1-6,8,12,16H,7,13H2. The summed E-state index contributed by atoms with van der Waals surface area (Å²) in [6.07, 6.45) is 4.99. The number of nitrogens with two attached hydrogens (primary N) is 1. The number of rotatable bonds is 3. The van der Waals surface area contributed by atoms with Gasteiger partial charge in [-0.1, -0.05) is 18.2 Å². The van der Waals surface area contributed by atoms with E-state index in [2.05, 4.69) is 9.97 Å². The summed E-state index contributed by atoms with van der Waals surface area (Å²) in [6.45, 7) is -0.0608. The van der Waals surface area contributed by atoms with Crippen molar-refractivity contribution in [1.82, 2.24) is 9.97 Å². The van der Waals surface area contributed by atoms with E-state index in [1.54, 1.807) is 12.4 Å². The Labute approximate surface area is 93.8 Å². The van der Waals surface area contributed by atoms with E-state index in [1.165, 1.54) is 6.33 Å². The fourth-order valence-corrected chi connectivity index (χ4v) is 1.50. The molecular formula is C12H13N3O. The molecule has 0 aliphatic carbocycles. The van der Waals surface area contributed by atoms with Crippen LogP contribution in [0.15, 0.2) is 43.0 Å². The van der Waals surface area contributed by atoms with Crippen molar-refractivity contribution in [3.05, 3.63) is 48.5 Å². The van der Waals surface area contributed by atoms with Crippen LogP contribution < -0.4 is 5.73 Å². The van der Waals surface area contributed by atoms with E-state index >= 15 is 0 Å². The van der Waals surface area contributed by atoms with Crippen LogP contribution in [0.2, 0.25) is 0 Å². The molecule has 0 bridgehead atoms. The monoisotopic (exact) mass is 215 g/mol. The van der Waals surface area contributed by atoms with E-state index in [0.717, 1.165) is 16.7 Å².